The summed E-state index contributed by atoms with van der Waals surface area (Å²) in [5, 5.41) is 0. The first-order valence-electron chi connectivity index (χ1n) is 7.46. The molecule has 2 N–H and O–H groups in total. The fraction of sp³-hybridized carbons (Fsp3) is 0.562. The second-order valence-corrected chi connectivity index (χ2v) is 5.51. The van der Waals surface area contributed by atoms with Crippen LogP contribution in [-0.2, 0) is 11.3 Å². The van der Waals surface area contributed by atoms with E-state index in [4.69, 9.17) is 5.73 Å². The molecule has 2 rings (SSSR count). The summed E-state index contributed by atoms with van der Waals surface area (Å²) in [6, 6.07) is 11.0. The van der Waals surface area contributed by atoms with E-state index < -0.39 is 0 Å². The van der Waals surface area contributed by atoms with E-state index in [1.807, 2.05) is 11.0 Å². The normalized spacial score (nSPS) is 20.7. The van der Waals surface area contributed by atoms with Crippen LogP contribution in [-0.4, -0.2) is 47.9 Å². The third kappa shape index (κ3) is 4.05. The van der Waals surface area contributed by atoms with E-state index in [2.05, 4.69) is 36.1 Å². The second kappa shape index (κ2) is 7.41. The molecule has 110 valence electrons. The van der Waals surface area contributed by atoms with Gasteiger partial charge in [-0.25, -0.2) is 0 Å². The van der Waals surface area contributed by atoms with Gasteiger partial charge < -0.3 is 10.6 Å². The van der Waals surface area contributed by atoms with Gasteiger partial charge in [0.25, 0.3) is 0 Å². The van der Waals surface area contributed by atoms with E-state index in [0.29, 0.717) is 19.0 Å². The maximum absolute atomic E-state index is 11.9. The van der Waals surface area contributed by atoms with Crippen molar-refractivity contribution in [2.75, 3.05) is 26.2 Å². The monoisotopic (exact) mass is 275 g/mol. The number of nitrogens with two attached hydrogens (primary N) is 1. The Labute approximate surface area is 121 Å². The Morgan fingerprint density at radius 2 is 2.00 bits per heavy atom. The zero-order valence-corrected chi connectivity index (χ0v) is 12.3. The molecule has 4 heteroatoms. The highest BCUT2D eigenvalue weighted by Gasteiger charge is 2.23. The zero-order chi connectivity index (χ0) is 14.4. The van der Waals surface area contributed by atoms with Crippen LogP contribution in [0, 0.1) is 0 Å². The van der Waals surface area contributed by atoms with Crippen LogP contribution >= 0.6 is 0 Å². The molecule has 1 amide bonds. The number of amides is 1. The molecule has 0 radical (unpaired) electrons. The van der Waals surface area contributed by atoms with Crippen molar-refractivity contribution in [1.82, 2.24) is 9.80 Å². The first-order valence-corrected chi connectivity index (χ1v) is 7.46. The van der Waals surface area contributed by atoms with Crippen LogP contribution in [0.2, 0.25) is 0 Å². The minimum Gasteiger partial charge on any atom is -0.341 e. The fourth-order valence-corrected chi connectivity index (χ4v) is 2.69. The van der Waals surface area contributed by atoms with Gasteiger partial charge in [-0.1, -0.05) is 30.3 Å². The van der Waals surface area contributed by atoms with Crippen LogP contribution < -0.4 is 5.73 Å². The van der Waals surface area contributed by atoms with Crippen LogP contribution in [0.15, 0.2) is 30.3 Å². The summed E-state index contributed by atoms with van der Waals surface area (Å²) < 4.78 is 0. The Balaban J connectivity index is 1.94. The average molecular weight is 275 g/mol. The molecule has 0 spiro atoms. The van der Waals surface area contributed by atoms with Gasteiger partial charge in [-0.15, -0.1) is 0 Å². The van der Waals surface area contributed by atoms with Crippen molar-refractivity contribution < 1.29 is 4.79 Å². The highest BCUT2D eigenvalue weighted by molar-refractivity contribution is 5.76. The van der Waals surface area contributed by atoms with Crippen molar-refractivity contribution >= 4 is 5.91 Å². The minimum absolute atomic E-state index is 0.196. The van der Waals surface area contributed by atoms with E-state index in [0.717, 1.165) is 32.6 Å². The Bertz CT molecular complexity index is 421. The summed E-state index contributed by atoms with van der Waals surface area (Å²) in [5.41, 5.74) is 6.81. The van der Waals surface area contributed by atoms with Gasteiger partial charge in [0.15, 0.2) is 0 Å². The van der Waals surface area contributed by atoms with Crippen molar-refractivity contribution in [3.63, 3.8) is 0 Å². The van der Waals surface area contributed by atoms with Crippen LogP contribution in [0.4, 0.5) is 0 Å². The molecule has 0 saturated carbocycles. The summed E-state index contributed by atoms with van der Waals surface area (Å²) in [6.45, 7) is 6.26. The standard InChI is InChI=1S/C16H25N3O/c1-14-8-10-18(16(20)7-9-17)11-12-19(14)13-15-5-3-2-4-6-15/h2-6,14H,7-13,17H2,1H3. The molecule has 1 aromatic carbocycles. The molecule has 1 saturated heterocycles. The van der Waals surface area contributed by atoms with Crippen LogP contribution in [0.3, 0.4) is 0 Å². The summed E-state index contributed by atoms with van der Waals surface area (Å²) in [4.78, 5) is 16.4. The van der Waals surface area contributed by atoms with Gasteiger partial charge in [-0.2, -0.15) is 0 Å². The lowest BCUT2D eigenvalue weighted by molar-refractivity contribution is -0.130. The molecule has 1 fully saturated rings. The molecule has 4 nitrogen and oxygen atoms in total. The molecule has 20 heavy (non-hydrogen) atoms. The quantitative estimate of drug-likeness (QED) is 0.905. The van der Waals surface area contributed by atoms with Crippen molar-refractivity contribution in [3.05, 3.63) is 35.9 Å². The number of nitrogens with zero attached hydrogens (tertiary/aromatic N) is 2. The Morgan fingerprint density at radius 3 is 2.70 bits per heavy atom. The first-order chi connectivity index (χ1) is 9.70. The van der Waals surface area contributed by atoms with E-state index in [9.17, 15) is 4.79 Å². The Morgan fingerprint density at radius 1 is 1.25 bits per heavy atom. The first kappa shape index (κ1) is 15.0. The lowest BCUT2D eigenvalue weighted by Gasteiger charge is -2.26. The number of rotatable bonds is 4. The van der Waals surface area contributed by atoms with Crippen LogP contribution in [0.5, 0.6) is 0 Å². The summed E-state index contributed by atoms with van der Waals surface area (Å²) in [5.74, 6) is 0.196. The Hall–Kier alpha value is -1.39. The van der Waals surface area contributed by atoms with E-state index in [1.54, 1.807) is 0 Å². The van der Waals surface area contributed by atoms with Crippen molar-refractivity contribution in [1.29, 1.82) is 0 Å². The van der Waals surface area contributed by atoms with E-state index >= 15 is 0 Å². The molecule has 1 aromatic rings. The van der Waals surface area contributed by atoms with Gasteiger partial charge >= 0.3 is 0 Å². The smallest absolute Gasteiger partial charge is 0.223 e. The molecule has 1 aliphatic rings. The van der Waals surface area contributed by atoms with Gasteiger partial charge in [-0.05, 0) is 18.9 Å². The molecular weight excluding hydrogens is 250 g/mol. The van der Waals surface area contributed by atoms with Crippen molar-refractivity contribution in [2.45, 2.75) is 32.4 Å². The summed E-state index contributed by atoms with van der Waals surface area (Å²) in [7, 11) is 0. The number of carbonyl (C=O) groups excluding carboxylic acids is 1. The Kier molecular flexibility index (Phi) is 5.56. The molecule has 0 aliphatic carbocycles. The number of hydrogen-bond acceptors (Lipinski definition) is 3. The molecule has 0 aromatic heterocycles. The molecule has 1 heterocycles. The molecule has 0 bridgehead atoms. The molecule has 1 atom stereocenters. The SMILES string of the molecule is CC1CCN(C(=O)CCN)CCN1Cc1ccccc1. The number of hydrogen-bond donors (Lipinski definition) is 1. The highest BCUT2D eigenvalue weighted by atomic mass is 16.2. The molecular formula is C16H25N3O. The van der Waals surface area contributed by atoms with Gasteiger partial charge in [0.1, 0.15) is 0 Å². The topological polar surface area (TPSA) is 49.6 Å². The highest BCUT2D eigenvalue weighted by Crippen LogP contribution is 2.15. The van der Waals surface area contributed by atoms with Gasteiger partial charge in [-0.3, -0.25) is 9.69 Å². The van der Waals surface area contributed by atoms with Crippen molar-refractivity contribution in [2.24, 2.45) is 5.73 Å². The lowest BCUT2D eigenvalue weighted by atomic mass is 10.1. The van der Waals surface area contributed by atoms with Gasteiger partial charge in [0, 0.05) is 45.2 Å². The molecule has 1 unspecified atom stereocenters. The summed E-state index contributed by atoms with van der Waals surface area (Å²) >= 11 is 0. The second-order valence-electron chi connectivity index (χ2n) is 5.51. The largest absolute Gasteiger partial charge is 0.341 e. The fourth-order valence-electron chi connectivity index (χ4n) is 2.69. The predicted molar refractivity (Wildman–Crippen MR) is 81.2 cm³/mol. The van der Waals surface area contributed by atoms with Gasteiger partial charge in [0.05, 0.1) is 0 Å². The third-order valence-electron chi connectivity index (χ3n) is 4.04. The number of benzene rings is 1. The summed E-state index contributed by atoms with van der Waals surface area (Å²) in [6.07, 6.45) is 1.50. The predicted octanol–water partition coefficient (Wildman–Crippen LogP) is 1.46. The number of carbonyl (C=O) groups is 1. The lowest BCUT2D eigenvalue weighted by Crippen LogP contribution is -2.36. The third-order valence-corrected chi connectivity index (χ3v) is 4.04. The zero-order valence-electron chi connectivity index (χ0n) is 12.3. The van der Waals surface area contributed by atoms with E-state index in [1.165, 1.54) is 5.56 Å². The van der Waals surface area contributed by atoms with Crippen LogP contribution in [0.25, 0.3) is 0 Å². The maximum atomic E-state index is 11.9. The van der Waals surface area contributed by atoms with Crippen LogP contribution in [0.1, 0.15) is 25.3 Å². The van der Waals surface area contributed by atoms with Gasteiger partial charge in [0.2, 0.25) is 5.91 Å². The average Bonchev–Trinajstić information content (AvgIpc) is 2.63. The van der Waals surface area contributed by atoms with Crippen molar-refractivity contribution in [3.8, 4) is 0 Å². The molecule has 1 aliphatic heterocycles. The van der Waals surface area contributed by atoms with E-state index in [-0.39, 0.29) is 5.91 Å². The maximum Gasteiger partial charge on any atom is 0.223 e. The minimum atomic E-state index is 0.196.